The quantitative estimate of drug-likeness (QED) is 0.915. The smallest absolute Gasteiger partial charge is 0.0619 e. The maximum atomic E-state index is 5.50. The summed E-state index contributed by atoms with van der Waals surface area (Å²) >= 11 is 0. The van der Waals surface area contributed by atoms with Crippen molar-refractivity contribution in [2.24, 2.45) is 0 Å². The zero-order valence-corrected chi connectivity index (χ0v) is 13.3. The van der Waals surface area contributed by atoms with Crippen LogP contribution in [-0.2, 0) is 17.8 Å². The molecule has 0 bridgehead atoms. The molecule has 1 aliphatic rings. The second-order valence-electron chi connectivity index (χ2n) is 6.82. The molecule has 0 aromatic heterocycles. The SMILES string of the molecule is CC1COCCN1Cc1cccc(CNC(C)(C)C)c1. The molecule has 0 spiro atoms. The van der Waals surface area contributed by atoms with Crippen LogP contribution in [-0.4, -0.2) is 36.2 Å². The molecule has 1 saturated heterocycles. The van der Waals surface area contributed by atoms with E-state index in [1.807, 2.05) is 0 Å². The van der Waals surface area contributed by atoms with Crippen molar-refractivity contribution in [3.63, 3.8) is 0 Å². The van der Waals surface area contributed by atoms with Crippen molar-refractivity contribution in [2.45, 2.75) is 52.4 Å². The van der Waals surface area contributed by atoms with Gasteiger partial charge in [-0.3, -0.25) is 4.90 Å². The van der Waals surface area contributed by atoms with Gasteiger partial charge in [0.2, 0.25) is 0 Å². The molecule has 112 valence electrons. The third-order valence-corrected chi connectivity index (χ3v) is 3.71. The van der Waals surface area contributed by atoms with Crippen LogP contribution in [0.5, 0.6) is 0 Å². The van der Waals surface area contributed by atoms with Gasteiger partial charge in [-0.2, -0.15) is 0 Å². The Kier molecular flexibility index (Phi) is 5.19. The van der Waals surface area contributed by atoms with Crippen LogP contribution in [0.3, 0.4) is 0 Å². The molecule has 0 saturated carbocycles. The summed E-state index contributed by atoms with van der Waals surface area (Å²) in [4.78, 5) is 2.50. The first-order chi connectivity index (χ1) is 9.44. The van der Waals surface area contributed by atoms with Crippen LogP contribution in [0.1, 0.15) is 38.8 Å². The summed E-state index contributed by atoms with van der Waals surface area (Å²) in [6.07, 6.45) is 0. The molecule has 20 heavy (non-hydrogen) atoms. The van der Waals surface area contributed by atoms with Gasteiger partial charge < -0.3 is 10.1 Å². The summed E-state index contributed by atoms with van der Waals surface area (Å²) in [5, 5.41) is 3.54. The molecule has 3 heteroatoms. The number of hydrogen-bond donors (Lipinski definition) is 1. The van der Waals surface area contributed by atoms with E-state index in [9.17, 15) is 0 Å². The van der Waals surface area contributed by atoms with Crippen LogP contribution >= 0.6 is 0 Å². The summed E-state index contributed by atoms with van der Waals surface area (Å²) in [5.74, 6) is 0. The molecule has 1 aromatic carbocycles. The minimum absolute atomic E-state index is 0.161. The van der Waals surface area contributed by atoms with Crippen molar-refractivity contribution in [3.8, 4) is 0 Å². The van der Waals surface area contributed by atoms with Crippen LogP contribution in [0, 0.1) is 0 Å². The zero-order chi connectivity index (χ0) is 14.6. The Labute approximate surface area is 123 Å². The fraction of sp³-hybridized carbons (Fsp3) is 0.647. The van der Waals surface area contributed by atoms with Crippen LogP contribution in [0.15, 0.2) is 24.3 Å². The van der Waals surface area contributed by atoms with E-state index in [1.165, 1.54) is 11.1 Å². The van der Waals surface area contributed by atoms with E-state index in [-0.39, 0.29) is 5.54 Å². The van der Waals surface area contributed by atoms with Gasteiger partial charge in [0.05, 0.1) is 13.2 Å². The number of nitrogens with zero attached hydrogens (tertiary/aromatic N) is 1. The highest BCUT2D eigenvalue weighted by Gasteiger charge is 2.18. The van der Waals surface area contributed by atoms with Gasteiger partial charge in [0.15, 0.2) is 0 Å². The van der Waals surface area contributed by atoms with E-state index >= 15 is 0 Å². The van der Waals surface area contributed by atoms with Crippen molar-refractivity contribution in [1.82, 2.24) is 10.2 Å². The Morgan fingerprint density at radius 1 is 1.30 bits per heavy atom. The van der Waals surface area contributed by atoms with Gasteiger partial charge in [-0.25, -0.2) is 0 Å². The molecule has 3 nitrogen and oxygen atoms in total. The second-order valence-corrected chi connectivity index (χ2v) is 6.82. The molecule has 1 atom stereocenters. The first-order valence-corrected chi connectivity index (χ1v) is 7.59. The molecule has 0 amide bonds. The molecule has 0 radical (unpaired) electrons. The Balaban J connectivity index is 1.95. The second kappa shape index (κ2) is 6.70. The minimum atomic E-state index is 0.161. The van der Waals surface area contributed by atoms with Crippen LogP contribution in [0.25, 0.3) is 0 Å². The monoisotopic (exact) mass is 276 g/mol. The summed E-state index contributed by atoms with van der Waals surface area (Å²) < 4.78 is 5.50. The molecule has 0 aliphatic carbocycles. The first kappa shape index (κ1) is 15.5. The lowest BCUT2D eigenvalue weighted by molar-refractivity contribution is -0.00437. The van der Waals surface area contributed by atoms with E-state index in [4.69, 9.17) is 4.74 Å². The molecule has 1 unspecified atom stereocenters. The number of hydrogen-bond acceptors (Lipinski definition) is 3. The van der Waals surface area contributed by atoms with Crippen LogP contribution in [0.4, 0.5) is 0 Å². The fourth-order valence-electron chi connectivity index (χ4n) is 2.44. The number of ether oxygens (including phenoxy) is 1. The maximum absolute atomic E-state index is 5.50. The average molecular weight is 276 g/mol. The first-order valence-electron chi connectivity index (χ1n) is 7.59. The molecule has 1 fully saturated rings. The molecular formula is C17H28N2O. The van der Waals surface area contributed by atoms with Crippen LogP contribution in [0.2, 0.25) is 0 Å². The lowest BCUT2D eigenvalue weighted by Gasteiger charge is -2.33. The van der Waals surface area contributed by atoms with Gasteiger partial charge in [0.1, 0.15) is 0 Å². The van der Waals surface area contributed by atoms with Gasteiger partial charge in [-0.1, -0.05) is 24.3 Å². The topological polar surface area (TPSA) is 24.5 Å². The highest BCUT2D eigenvalue weighted by atomic mass is 16.5. The van der Waals surface area contributed by atoms with Gasteiger partial charge in [0.25, 0.3) is 0 Å². The average Bonchev–Trinajstić information content (AvgIpc) is 2.39. The van der Waals surface area contributed by atoms with Crippen molar-refractivity contribution in [1.29, 1.82) is 0 Å². The van der Waals surface area contributed by atoms with E-state index < -0.39 is 0 Å². The molecule has 1 aliphatic heterocycles. The fourth-order valence-corrected chi connectivity index (χ4v) is 2.44. The summed E-state index contributed by atoms with van der Waals surface area (Å²) in [6, 6.07) is 9.43. The maximum Gasteiger partial charge on any atom is 0.0619 e. The standard InChI is InChI=1S/C17H28N2O/c1-14-13-20-9-8-19(14)12-16-7-5-6-15(10-16)11-18-17(2,3)4/h5-7,10,14,18H,8-9,11-13H2,1-4H3. The molecular weight excluding hydrogens is 248 g/mol. The molecule has 1 heterocycles. The van der Waals surface area contributed by atoms with Crippen molar-refractivity contribution in [2.75, 3.05) is 19.8 Å². The predicted octanol–water partition coefficient (Wildman–Crippen LogP) is 2.80. The van der Waals surface area contributed by atoms with Crippen molar-refractivity contribution < 1.29 is 4.74 Å². The third-order valence-electron chi connectivity index (χ3n) is 3.71. The Morgan fingerprint density at radius 3 is 2.75 bits per heavy atom. The summed E-state index contributed by atoms with van der Waals surface area (Å²) in [5.41, 5.74) is 2.92. The van der Waals surface area contributed by atoms with Crippen molar-refractivity contribution in [3.05, 3.63) is 35.4 Å². The molecule has 1 N–H and O–H groups in total. The highest BCUT2D eigenvalue weighted by molar-refractivity contribution is 5.23. The number of benzene rings is 1. The van der Waals surface area contributed by atoms with Gasteiger partial charge in [0, 0.05) is 31.2 Å². The van der Waals surface area contributed by atoms with Gasteiger partial charge in [-0.15, -0.1) is 0 Å². The van der Waals surface area contributed by atoms with Gasteiger partial charge >= 0.3 is 0 Å². The van der Waals surface area contributed by atoms with Crippen molar-refractivity contribution >= 4 is 0 Å². The highest BCUT2D eigenvalue weighted by Crippen LogP contribution is 2.14. The van der Waals surface area contributed by atoms with Crippen LogP contribution < -0.4 is 5.32 Å². The number of nitrogens with one attached hydrogen (secondary N) is 1. The Morgan fingerprint density at radius 2 is 2.05 bits per heavy atom. The van der Waals surface area contributed by atoms with E-state index in [2.05, 4.69) is 62.2 Å². The predicted molar refractivity (Wildman–Crippen MR) is 83.7 cm³/mol. The summed E-state index contributed by atoms with van der Waals surface area (Å²) in [7, 11) is 0. The number of rotatable bonds is 4. The lowest BCUT2D eigenvalue weighted by atomic mass is 10.1. The normalized spacial score (nSPS) is 21.1. The lowest BCUT2D eigenvalue weighted by Crippen LogP contribution is -2.42. The Bertz CT molecular complexity index is 425. The van der Waals surface area contributed by atoms with E-state index in [0.717, 1.165) is 32.8 Å². The molecule has 1 aromatic rings. The zero-order valence-electron chi connectivity index (χ0n) is 13.3. The third kappa shape index (κ3) is 4.89. The minimum Gasteiger partial charge on any atom is -0.379 e. The molecule has 2 rings (SSSR count). The number of morpholine rings is 1. The van der Waals surface area contributed by atoms with E-state index in [0.29, 0.717) is 6.04 Å². The Hall–Kier alpha value is -0.900. The van der Waals surface area contributed by atoms with E-state index in [1.54, 1.807) is 0 Å². The largest absolute Gasteiger partial charge is 0.379 e. The van der Waals surface area contributed by atoms with Gasteiger partial charge in [-0.05, 0) is 38.8 Å². The summed E-state index contributed by atoms with van der Waals surface area (Å²) in [6.45, 7) is 13.5.